The van der Waals surface area contributed by atoms with Crippen molar-refractivity contribution in [3.05, 3.63) is 89.5 Å². The summed E-state index contributed by atoms with van der Waals surface area (Å²) in [5.41, 5.74) is 8.70. The van der Waals surface area contributed by atoms with Crippen LogP contribution in [0.2, 0.25) is 0 Å². The summed E-state index contributed by atoms with van der Waals surface area (Å²) in [6.45, 7) is 0. The van der Waals surface area contributed by atoms with E-state index in [-0.39, 0.29) is 12.2 Å². The first-order valence-corrected chi connectivity index (χ1v) is 7.90. The Kier molecular flexibility index (Phi) is 3.25. The number of nitrogens with two attached hydrogens (primary N) is 1. The number of carbonyl (C=O) groups is 1. The normalized spacial score (nSPS) is 18.8. The van der Waals surface area contributed by atoms with Crippen molar-refractivity contribution in [2.45, 2.75) is 12.0 Å². The van der Waals surface area contributed by atoms with E-state index in [1.807, 2.05) is 54.6 Å². The highest BCUT2D eigenvalue weighted by molar-refractivity contribution is 6.11. The van der Waals surface area contributed by atoms with Crippen LogP contribution in [0.15, 0.2) is 72.8 Å². The average Bonchev–Trinajstić information content (AvgIpc) is 2.62. The molecule has 3 aromatic carbocycles. The molecule has 3 nitrogen and oxygen atoms in total. The summed E-state index contributed by atoms with van der Waals surface area (Å²) in [6, 6.07) is 22.3. The van der Waals surface area contributed by atoms with Gasteiger partial charge in [0, 0.05) is 17.7 Å². The molecule has 24 heavy (non-hydrogen) atoms. The second kappa shape index (κ2) is 5.32. The Labute approximate surface area is 140 Å². The van der Waals surface area contributed by atoms with E-state index in [4.69, 9.17) is 5.73 Å². The molecule has 3 heteroatoms. The van der Waals surface area contributed by atoms with Crippen LogP contribution in [0.4, 0.5) is 5.69 Å². The van der Waals surface area contributed by atoms with Gasteiger partial charge in [0.1, 0.15) is 0 Å². The van der Waals surface area contributed by atoms with Gasteiger partial charge in [-0.05, 0) is 34.4 Å². The number of Topliss-reactive ketones (excluding diaryl/α,β-unsaturated/α-hetero) is 1. The Hall–Kier alpha value is -2.91. The van der Waals surface area contributed by atoms with Crippen molar-refractivity contribution in [3.8, 4) is 11.1 Å². The van der Waals surface area contributed by atoms with Gasteiger partial charge >= 0.3 is 0 Å². The number of benzene rings is 3. The van der Waals surface area contributed by atoms with Crippen LogP contribution < -0.4 is 5.73 Å². The van der Waals surface area contributed by atoms with E-state index in [9.17, 15) is 9.90 Å². The summed E-state index contributed by atoms with van der Waals surface area (Å²) < 4.78 is 0. The molecule has 0 aromatic heterocycles. The van der Waals surface area contributed by atoms with Crippen molar-refractivity contribution in [1.29, 1.82) is 0 Å². The van der Waals surface area contributed by atoms with E-state index in [1.165, 1.54) is 0 Å². The first-order chi connectivity index (χ1) is 11.6. The van der Waals surface area contributed by atoms with Crippen molar-refractivity contribution in [2.24, 2.45) is 0 Å². The summed E-state index contributed by atoms with van der Waals surface area (Å²) in [7, 11) is 0. The molecule has 0 radical (unpaired) electrons. The molecule has 0 aliphatic heterocycles. The molecule has 1 aliphatic rings. The first-order valence-electron chi connectivity index (χ1n) is 7.90. The Bertz CT molecular complexity index is 931. The summed E-state index contributed by atoms with van der Waals surface area (Å²) in [6.07, 6.45) is 0.220. The van der Waals surface area contributed by atoms with Crippen LogP contribution in [0.25, 0.3) is 11.1 Å². The zero-order valence-corrected chi connectivity index (χ0v) is 13.1. The van der Waals surface area contributed by atoms with E-state index >= 15 is 0 Å². The molecule has 0 amide bonds. The fourth-order valence-corrected chi connectivity index (χ4v) is 3.45. The summed E-state index contributed by atoms with van der Waals surface area (Å²) in [5, 5.41) is 11.4. The number of nitrogen functional groups attached to an aromatic ring is 1. The predicted octanol–water partition coefficient (Wildman–Crippen LogP) is 3.56. The van der Waals surface area contributed by atoms with Crippen LogP contribution in [0, 0.1) is 0 Å². The third-order valence-electron chi connectivity index (χ3n) is 4.65. The molecule has 0 spiro atoms. The van der Waals surface area contributed by atoms with Gasteiger partial charge in [-0.1, -0.05) is 60.7 Å². The molecule has 0 fully saturated rings. The monoisotopic (exact) mass is 315 g/mol. The number of ketones is 1. The van der Waals surface area contributed by atoms with Gasteiger partial charge in [0.25, 0.3) is 0 Å². The maximum Gasteiger partial charge on any atom is 0.199 e. The number of fused-ring (bicyclic) bond motifs is 3. The van der Waals surface area contributed by atoms with Crippen LogP contribution >= 0.6 is 0 Å². The molecule has 1 unspecified atom stereocenters. The molecule has 3 N–H and O–H groups in total. The SMILES string of the molecule is Nc1ccc(CC2(O)C(=O)c3ccccc3-c3ccccc32)cc1. The van der Waals surface area contributed by atoms with E-state index in [0.717, 1.165) is 16.7 Å². The fraction of sp³-hybridized carbons (Fsp3) is 0.0952. The molecule has 118 valence electrons. The van der Waals surface area contributed by atoms with Crippen molar-refractivity contribution >= 4 is 11.5 Å². The van der Waals surface area contributed by atoms with Crippen LogP contribution in [0.3, 0.4) is 0 Å². The zero-order chi connectivity index (χ0) is 16.7. The van der Waals surface area contributed by atoms with E-state index in [0.29, 0.717) is 16.8 Å². The van der Waals surface area contributed by atoms with E-state index < -0.39 is 5.60 Å². The minimum atomic E-state index is -1.57. The number of rotatable bonds is 2. The molecular formula is C21H17NO2. The highest BCUT2D eigenvalue weighted by atomic mass is 16.3. The highest BCUT2D eigenvalue weighted by Gasteiger charge is 2.44. The predicted molar refractivity (Wildman–Crippen MR) is 94.7 cm³/mol. The second-order valence-electron chi connectivity index (χ2n) is 6.20. The van der Waals surface area contributed by atoms with Gasteiger partial charge < -0.3 is 10.8 Å². The number of hydrogen-bond donors (Lipinski definition) is 2. The topological polar surface area (TPSA) is 63.3 Å². The molecule has 0 saturated heterocycles. The van der Waals surface area contributed by atoms with Crippen LogP contribution in [0.5, 0.6) is 0 Å². The number of aliphatic hydroxyl groups is 1. The summed E-state index contributed by atoms with van der Waals surface area (Å²) >= 11 is 0. The van der Waals surface area contributed by atoms with E-state index in [2.05, 4.69) is 0 Å². The lowest BCUT2D eigenvalue weighted by Gasteiger charge is -2.34. The van der Waals surface area contributed by atoms with Crippen molar-refractivity contribution in [3.63, 3.8) is 0 Å². The van der Waals surface area contributed by atoms with Gasteiger partial charge in [-0.15, -0.1) is 0 Å². The molecular weight excluding hydrogens is 298 g/mol. The Morgan fingerprint density at radius 2 is 1.38 bits per heavy atom. The molecule has 0 saturated carbocycles. The summed E-state index contributed by atoms with van der Waals surface area (Å²) in [4.78, 5) is 13.1. The summed E-state index contributed by atoms with van der Waals surface area (Å²) in [5.74, 6) is -0.256. The highest BCUT2D eigenvalue weighted by Crippen LogP contribution is 2.43. The van der Waals surface area contributed by atoms with Crippen molar-refractivity contribution in [1.82, 2.24) is 0 Å². The first kappa shape index (κ1) is 14.7. The minimum Gasteiger partial charge on any atom is -0.399 e. The zero-order valence-electron chi connectivity index (χ0n) is 13.1. The van der Waals surface area contributed by atoms with Gasteiger partial charge in [-0.25, -0.2) is 0 Å². The van der Waals surface area contributed by atoms with Gasteiger partial charge in [0.15, 0.2) is 11.4 Å². The third-order valence-corrected chi connectivity index (χ3v) is 4.65. The number of anilines is 1. The third kappa shape index (κ3) is 2.14. The lowest BCUT2D eigenvalue weighted by Crippen LogP contribution is -2.41. The van der Waals surface area contributed by atoms with Crippen molar-refractivity contribution in [2.75, 3.05) is 5.73 Å². The smallest absolute Gasteiger partial charge is 0.199 e. The van der Waals surface area contributed by atoms with Crippen LogP contribution in [-0.2, 0) is 12.0 Å². The quantitative estimate of drug-likeness (QED) is 0.711. The second-order valence-corrected chi connectivity index (χ2v) is 6.20. The fourth-order valence-electron chi connectivity index (χ4n) is 3.45. The van der Waals surface area contributed by atoms with Gasteiger partial charge in [0.2, 0.25) is 0 Å². The molecule has 4 rings (SSSR count). The molecule has 3 aromatic rings. The average molecular weight is 315 g/mol. The van der Waals surface area contributed by atoms with Crippen molar-refractivity contribution < 1.29 is 9.90 Å². The number of carbonyl (C=O) groups excluding carboxylic acids is 1. The maximum absolute atomic E-state index is 13.1. The Balaban J connectivity index is 1.89. The van der Waals surface area contributed by atoms with Crippen LogP contribution in [-0.4, -0.2) is 10.9 Å². The molecule has 1 atom stereocenters. The van der Waals surface area contributed by atoms with Crippen LogP contribution in [0.1, 0.15) is 21.5 Å². The maximum atomic E-state index is 13.1. The standard InChI is InChI=1S/C21H17NO2/c22-15-11-9-14(10-12-15)13-21(24)19-8-4-3-6-17(19)16-5-1-2-7-18(16)20(21)23/h1-12,24H,13,22H2. The Morgan fingerprint density at radius 3 is 2.08 bits per heavy atom. The van der Waals surface area contributed by atoms with Gasteiger partial charge in [-0.3, -0.25) is 4.79 Å². The lowest BCUT2D eigenvalue weighted by atomic mass is 9.72. The minimum absolute atomic E-state index is 0.220. The largest absolute Gasteiger partial charge is 0.399 e. The van der Waals surface area contributed by atoms with Gasteiger partial charge in [0.05, 0.1) is 0 Å². The number of hydrogen-bond acceptors (Lipinski definition) is 3. The molecule has 0 bridgehead atoms. The molecule has 1 aliphatic carbocycles. The van der Waals surface area contributed by atoms with Gasteiger partial charge in [-0.2, -0.15) is 0 Å². The molecule has 0 heterocycles. The Morgan fingerprint density at radius 1 is 0.792 bits per heavy atom. The lowest BCUT2D eigenvalue weighted by molar-refractivity contribution is 0.0293. The van der Waals surface area contributed by atoms with E-state index in [1.54, 1.807) is 18.2 Å².